The molecule has 0 atom stereocenters. The molecule has 0 radical (unpaired) electrons. The van der Waals surface area contributed by atoms with Gasteiger partial charge in [-0.3, -0.25) is 0 Å². The molecule has 0 aliphatic rings. The lowest BCUT2D eigenvalue weighted by Gasteiger charge is -2.18. The Balaban J connectivity index is 3.17. The maximum absolute atomic E-state index is 2.41. The van der Waals surface area contributed by atoms with E-state index in [4.69, 9.17) is 0 Å². The Kier molecular flexibility index (Phi) is 7.91. The number of hydrogen-bond donors (Lipinski definition) is 0. The van der Waals surface area contributed by atoms with E-state index in [1.54, 1.807) is 0 Å². The summed E-state index contributed by atoms with van der Waals surface area (Å²) in [6.45, 7) is 9.64. The van der Waals surface area contributed by atoms with Crippen LogP contribution in [0, 0.1) is 0 Å². The molecule has 0 spiro atoms. The molecule has 2 heteroatoms. The summed E-state index contributed by atoms with van der Waals surface area (Å²) in [6.07, 6.45) is 11.7. The molecule has 0 rings (SSSR count). The Morgan fingerprint density at radius 2 is 0.812 bits per heavy atom. The van der Waals surface area contributed by atoms with Gasteiger partial charge in [0.2, 0.25) is 0 Å². The topological polar surface area (TPSA) is 0 Å². The molecule has 0 aliphatic carbocycles. The van der Waals surface area contributed by atoms with E-state index in [-0.39, 0.29) is 0 Å². The van der Waals surface area contributed by atoms with Crippen molar-refractivity contribution < 1.29 is 0 Å². The molecule has 0 N–H and O–H groups in total. The van der Waals surface area contributed by atoms with Crippen LogP contribution in [0.4, 0.5) is 0 Å². The number of rotatable bonds is 9. The molecule has 0 aromatic rings. The molecule has 0 heterocycles. The fourth-order valence-corrected chi connectivity index (χ4v) is 2.72. The standard InChI is InChI=1S/C14H34Si2/c1-13(2,15)11-9-7-5-6-8-10-12-14(3,4)16/h5-12H2,1-4,15-16H3. The van der Waals surface area contributed by atoms with Gasteiger partial charge in [0.25, 0.3) is 0 Å². The molecule has 0 saturated carbocycles. The average Bonchev–Trinajstić information content (AvgIpc) is 2.06. The van der Waals surface area contributed by atoms with Crippen molar-refractivity contribution in [3.8, 4) is 0 Å². The van der Waals surface area contributed by atoms with Gasteiger partial charge in [-0.15, -0.1) is 0 Å². The highest BCUT2D eigenvalue weighted by atomic mass is 28.1. The van der Waals surface area contributed by atoms with Gasteiger partial charge in [-0.2, -0.15) is 0 Å². The summed E-state index contributed by atoms with van der Waals surface area (Å²) in [5.74, 6) is 0. The van der Waals surface area contributed by atoms with Crippen molar-refractivity contribution in [2.24, 2.45) is 0 Å². The van der Waals surface area contributed by atoms with Crippen molar-refractivity contribution >= 4 is 20.5 Å². The van der Waals surface area contributed by atoms with Crippen molar-refractivity contribution in [1.82, 2.24) is 0 Å². The second kappa shape index (κ2) is 7.70. The van der Waals surface area contributed by atoms with Crippen molar-refractivity contribution in [3.05, 3.63) is 0 Å². The zero-order chi connectivity index (χ0) is 12.7. The second-order valence-corrected chi connectivity index (χ2v) is 13.2. The first kappa shape index (κ1) is 16.4. The van der Waals surface area contributed by atoms with Crippen LogP contribution >= 0.6 is 0 Å². The van der Waals surface area contributed by atoms with Gasteiger partial charge in [-0.05, 0) is 10.1 Å². The molecule has 0 amide bonds. The molecule has 0 fully saturated rings. The van der Waals surface area contributed by atoms with Crippen LogP contribution in [0.3, 0.4) is 0 Å². The van der Waals surface area contributed by atoms with Crippen LogP contribution in [0.2, 0.25) is 10.1 Å². The quantitative estimate of drug-likeness (QED) is 0.440. The monoisotopic (exact) mass is 258 g/mol. The van der Waals surface area contributed by atoms with Crippen LogP contribution < -0.4 is 0 Å². The summed E-state index contributed by atoms with van der Waals surface area (Å²) in [7, 11) is 2.69. The van der Waals surface area contributed by atoms with Gasteiger partial charge >= 0.3 is 0 Å². The predicted molar refractivity (Wildman–Crippen MR) is 84.9 cm³/mol. The second-order valence-electron chi connectivity index (χ2n) is 7.74. The Morgan fingerprint density at radius 3 is 1.06 bits per heavy atom. The van der Waals surface area contributed by atoms with E-state index in [2.05, 4.69) is 27.7 Å². The molecule has 0 bridgehead atoms. The summed E-state index contributed by atoms with van der Waals surface area (Å²) < 4.78 is 0. The van der Waals surface area contributed by atoms with Crippen molar-refractivity contribution in [1.29, 1.82) is 0 Å². The van der Waals surface area contributed by atoms with Crippen LogP contribution in [0.15, 0.2) is 0 Å². The zero-order valence-corrected chi connectivity index (χ0v) is 16.7. The number of unbranched alkanes of at least 4 members (excludes halogenated alkanes) is 5. The molecule has 98 valence electrons. The van der Waals surface area contributed by atoms with Crippen LogP contribution in [0.1, 0.15) is 79.1 Å². The minimum Gasteiger partial charge on any atom is -0.0632 e. The van der Waals surface area contributed by atoms with Gasteiger partial charge in [0, 0.05) is 20.5 Å². The summed E-state index contributed by atoms with van der Waals surface area (Å²) in [5.41, 5.74) is 0. The molecule has 0 unspecified atom stereocenters. The average molecular weight is 259 g/mol. The maximum atomic E-state index is 2.41. The van der Waals surface area contributed by atoms with Gasteiger partial charge in [-0.1, -0.05) is 79.1 Å². The Hall–Kier alpha value is 0.434. The third-order valence-electron chi connectivity index (χ3n) is 3.10. The smallest absolute Gasteiger partial charge is 0.00994 e. The van der Waals surface area contributed by atoms with Gasteiger partial charge in [0.1, 0.15) is 0 Å². The van der Waals surface area contributed by atoms with E-state index < -0.39 is 0 Å². The van der Waals surface area contributed by atoms with Crippen LogP contribution in [-0.2, 0) is 0 Å². The highest BCUT2D eigenvalue weighted by Crippen LogP contribution is 2.28. The lowest BCUT2D eigenvalue weighted by molar-refractivity contribution is 0.504. The summed E-state index contributed by atoms with van der Waals surface area (Å²) >= 11 is 0. The van der Waals surface area contributed by atoms with E-state index in [9.17, 15) is 0 Å². The predicted octanol–water partition coefficient (Wildman–Crippen LogP) is 3.24. The van der Waals surface area contributed by atoms with E-state index in [1.807, 2.05) is 0 Å². The van der Waals surface area contributed by atoms with Gasteiger partial charge in [-0.25, -0.2) is 0 Å². The third-order valence-corrected chi connectivity index (χ3v) is 4.10. The Labute approximate surface area is 110 Å². The third kappa shape index (κ3) is 14.4. The normalized spacial score (nSPS) is 13.5. The molecule has 0 aliphatic heterocycles. The highest BCUT2D eigenvalue weighted by molar-refractivity contribution is 6.14. The van der Waals surface area contributed by atoms with Crippen LogP contribution in [0.5, 0.6) is 0 Å². The summed E-state index contributed by atoms with van der Waals surface area (Å²) in [5, 5.41) is 1.35. The largest absolute Gasteiger partial charge is 0.0632 e. The van der Waals surface area contributed by atoms with Crippen molar-refractivity contribution in [2.45, 2.75) is 89.1 Å². The van der Waals surface area contributed by atoms with Gasteiger partial charge in [0.15, 0.2) is 0 Å². The molecular weight excluding hydrogens is 224 g/mol. The van der Waals surface area contributed by atoms with Crippen LogP contribution in [0.25, 0.3) is 0 Å². The molecular formula is C14H34Si2. The molecule has 0 saturated heterocycles. The minimum absolute atomic E-state index is 0.677. The first-order valence-electron chi connectivity index (χ1n) is 7.21. The van der Waals surface area contributed by atoms with E-state index in [1.165, 1.54) is 71.9 Å². The SMILES string of the molecule is CC(C)([SiH3])CCCCCCCCC(C)(C)[SiH3]. The lowest BCUT2D eigenvalue weighted by atomic mass is 10.0. The lowest BCUT2D eigenvalue weighted by Crippen LogP contribution is -2.02. The number of hydrogen-bond acceptors (Lipinski definition) is 0. The molecule has 16 heavy (non-hydrogen) atoms. The van der Waals surface area contributed by atoms with Crippen molar-refractivity contribution in [2.75, 3.05) is 0 Å². The molecule has 0 aromatic carbocycles. The first-order chi connectivity index (χ1) is 7.21. The Morgan fingerprint density at radius 1 is 0.562 bits per heavy atom. The van der Waals surface area contributed by atoms with Gasteiger partial charge in [0.05, 0.1) is 0 Å². The Bertz CT molecular complexity index is 143. The summed E-state index contributed by atoms with van der Waals surface area (Å²) in [6, 6.07) is 0. The van der Waals surface area contributed by atoms with E-state index >= 15 is 0 Å². The fraction of sp³-hybridized carbons (Fsp3) is 1.00. The summed E-state index contributed by atoms with van der Waals surface area (Å²) in [4.78, 5) is 0. The van der Waals surface area contributed by atoms with E-state index in [0.717, 1.165) is 0 Å². The molecule has 0 aromatic heterocycles. The highest BCUT2D eigenvalue weighted by Gasteiger charge is 2.10. The molecule has 0 nitrogen and oxygen atoms in total. The first-order valence-corrected chi connectivity index (χ1v) is 9.21. The van der Waals surface area contributed by atoms with Gasteiger partial charge < -0.3 is 0 Å². The zero-order valence-electron chi connectivity index (χ0n) is 12.7. The van der Waals surface area contributed by atoms with Crippen LogP contribution in [-0.4, -0.2) is 20.5 Å². The fourth-order valence-electron chi connectivity index (χ4n) is 2.02. The maximum Gasteiger partial charge on any atom is 0.00994 e. The van der Waals surface area contributed by atoms with E-state index in [0.29, 0.717) is 10.1 Å². The van der Waals surface area contributed by atoms with Crippen molar-refractivity contribution in [3.63, 3.8) is 0 Å². The minimum atomic E-state index is 0.677.